The van der Waals surface area contributed by atoms with Crippen molar-refractivity contribution in [3.05, 3.63) is 26.6 Å². The molecular weight excluding hydrogens is 366 g/mol. The van der Waals surface area contributed by atoms with Gasteiger partial charge >= 0.3 is 11.8 Å². The molecule has 94 valence electrons. The first kappa shape index (κ1) is 14.7. The standard InChI is InChI=1S/C11H9Br2N3O2/c1-6-4-7(12)9(8(13)5-6)16-11(18)10(17)15-3-2-14/h4-5H,3H2,1H3,(H,15,17)(H,16,18). The molecule has 7 heteroatoms. The van der Waals surface area contributed by atoms with E-state index in [1.165, 1.54) is 0 Å². The summed E-state index contributed by atoms with van der Waals surface area (Å²) in [5.74, 6) is -1.67. The quantitative estimate of drug-likeness (QED) is 0.614. The Balaban J connectivity index is 2.83. The average molecular weight is 375 g/mol. The lowest BCUT2D eigenvalue weighted by molar-refractivity contribution is -0.136. The number of hydrogen-bond donors (Lipinski definition) is 2. The Morgan fingerprint density at radius 1 is 1.28 bits per heavy atom. The van der Waals surface area contributed by atoms with E-state index in [4.69, 9.17) is 5.26 Å². The molecule has 2 N–H and O–H groups in total. The van der Waals surface area contributed by atoms with Crippen molar-refractivity contribution in [1.82, 2.24) is 5.32 Å². The van der Waals surface area contributed by atoms with Crippen LogP contribution in [0.4, 0.5) is 5.69 Å². The Bertz CT molecular complexity index is 515. The molecule has 0 spiro atoms. The Morgan fingerprint density at radius 2 is 1.83 bits per heavy atom. The molecule has 0 aliphatic carbocycles. The van der Waals surface area contributed by atoms with E-state index in [2.05, 4.69) is 42.5 Å². The van der Waals surface area contributed by atoms with E-state index in [1.54, 1.807) is 6.07 Å². The van der Waals surface area contributed by atoms with Gasteiger partial charge in [-0.15, -0.1) is 0 Å². The molecule has 0 unspecified atom stereocenters. The highest BCUT2D eigenvalue weighted by atomic mass is 79.9. The maximum absolute atomic E-state index is 11.5. The monoisotopic (exact) mass is 373 g/mol. The first-order valence-electron chi connectivity index (χ1n) is 4.87. The molecule has 0 aliphatic heterocycles. The SMILES string of the molecule is Cc1cc(Br)c(NC(=O)C(=O)NCC#N)c(Br)c1. The van der Waals surface area contributed by atoms with E-state index < -0.39 is 11.8 Å². The largest absolute Gasteiger partial charge is 0.335 e. The van der Waals surface area contributed by atoms with Crippen molar-refractivity contribution in [2.45, 2.75) is 6.92 Å². The van der Waals surface area contributed by atoms with Gasteiger partial charge in [0.2, 0.25) is 0 Å². The zero-order valence-electron chi connectivity index (χ0n) is 9.38. The molecule has 2 amide bonds. The van der Waals surface area contributed by atoms with Crippen molar-refractivity contribution >= 4 is 49.4 Å². The number of rotatable bonds is 2. The summed E-state index contributed by atoms with van der Waals surface area (Å²) in [5, 5.41) is 12.9. The number of halogens is 2. The fraction of sp³-hybridized carbons (Fsp3) is 0.182. The van der Waals surface area contributed by atoms with Crippen molar-refractivity contribution in [1.29, 1.82) is 5.26 Å². The number of nitrogens with zero attached hydrogens (tertiary/aromatic N) is 1. The van der Waals surface area contributed by atoms with E-state index >= 15 is 0 Å². The number of hydrogen-bond acceptors (Lipinski definition) is 3. The minimum atomic E-state index is -0.851. The van der Waals surface area contributed by atoms with E-state index in [-0.39, 0.29) is 6.54 Å². The fourth-order valence-corrected chi connectivity index (χ4v) is 2.80. The maximum atomic E-state index is 11.5. The summed E-state index contributed by atoms with van der Waals surface area (Å²) in [6, 6.07) is 5.34. The molecule has 1 rings (SSSR count). The van der Waals surface area contributed by atoms with Gasteiger partial charge in [0.1, 0.15) is 6.54 Å². The number of carbonyl (C=O) groups excluding carboxylic acids is 2. The highest BCUT2D eigenvalue weighted by Crippen LogP contribution is 2.32. The van der Waals surface area contributed by atoms with Crippen molar-refractivity contribution in [2.75, 3.05) is 11.9 Å². The molecule has 0 aliphatic rings. The predicted molar refractivity (Wildman–Crippen MR) is 73.8 cm³/mol. The number of carbonyl (C=O) groups is 2. The smallest absolute Gasteiger partial charge is 0.313 e. The highest BCUT2D eigenvalue weighted by Gasteiger charge is 2.16. The van der Waals surface area contributed by atoms with Crippen LogP contribution in [0.3, 0.4) is 0 Å². The van der Waals surface area contributed by atoms with Crippen LogP contribution < -0.4 is 10.6 Å². The Morgan fingerprint density at radius 3 is 2.33 bits per heavy atom. The Labute approximate surface area is 121 Å². The van der Waals surface area contributed by atoms with Gasteiger partial charge in [-0.1, -0.05) is 0 Å². The predicted octanol–water partition coefficient (Wildman–Crippen LogP) is 2.10. The van der Waals surface area contributed by atoms with Crippen LogP contribution >= 0.6 is 31.9 Å². The van der Waals surface area contributed by atoms with Gasteiger partial charge in [0.05, 0.1) is 11.8 Å². The molecule has 18 heavy (non-hydrogen) atoms. The summed E-state index contributed by atoms with van der Waals surface area (Å²) < 4.78 is 1.33. The molecule has 1 aromatic carbocycles. The summed E-state index contributed by atoms with van der Waals surface area (Å²) in [6.45, 7) is 1.70. The first-order valence-corrected chi connectivity index (χ1v) is 6.46. The second-order valence-corrected chi connectivity index (χ2v) is 5.11. The number of nitrogens with one attached hydrogen (secondary N) is 2. The molecule has 0 bridgehead atoms. The molecule has 0 saturated heterocycles. The number of aryl methyl sites for hydroxylation is 1. The number of nitriles is 1. The average Bonchev–Trinajstić information content (AvgIpc) is 2.30. The van der Waals surface area contributed by atoms with Crippen molar-refractivity contribution in [3.8, 4) is 6.07 Å². The Hall–Kier alpha value is -1.39. The van der Waals surface area contributed by atoms with E-state index in [1.807, 2.05) is 19.1 Å². The third-order valence-electron chi connectivity index (χ3n) is 1.96. The number of anilines is 1. The minimum Gasteiger partial charge on any atom is -0.335 e. The van der Waals surface area contributed by atoms with E-state index in [0.717, 1.165) is 5.56 Å². The molecular formula is C11H9Br2N3O2. The van der Waals surface area contributed by atoms with Crippen LogP contribution in [0.15, 0.2) is 21.1 Å². The third-order valence-corrected chi connectivity index (χ3v) is 3.21. The van der Waals surface area contributed by atoms with Gasteiger partial charge in [-0.25, -0.2) is 0 Å². The summed E-state index contributed by atoms with van der Waals surface area (Å²) in [4.78, 5) is 22.8. The van der Waals surface area contributed by atoms with Crippen LogP contribution in [0, 0.1) is 18.3 Å². The lowest BCUT2D eigenvalue weighted by atomic mass is 10.2. The van der Waals surface area contributed by atoms with Crippen LogP contribution in [0.1, 0.15) is 5.56 Å². The summed E-state index contributed by atoms with van der Waals surface area (Å²) in [7, 11) is 0. The van der Waals surface area contributed by atoms with Crippen LogP contribution in [0.25, 0.3) is 0 Å². The molecule has 0 atom stereocenters. The maximum Gasteiger partial charge on any atom is 0.313 e. The van der Waals surface area contributed by atoms with Gasteiger partial charge in [-0.05, 0) is 56.5 Å². The number of benzene rings is 1. The summed E-state index contributed by atoms with van der Waals surface area (Å²) in [6.07, 6.45) is 0. The van der Waals surface area contributed by atoms with Crippen molar-refractivity contribution < 1.29 is 9.59 Å². The Kier molecular flexibility index (Phi) is 5.31. The van der Waals surface area contributed by atoms with Crippen LogP contribution in [0.2, 0.25) is 0 Å². The highest BCUT2D eigenvalue weighted by molar-refractivity contribution is 9.11. The van der Waals surface area contributed by atoms with Gasteiger partial charge in [0, 0.05) is 8.95 Å². The topological polar surface area (TPSA) is 82.0 Å². The van der Waals surface area contributed by atoms with Crippen LogP contribution in [-0.2, 0) is 9.59 Å². The van der Waals surface area contributed by atoms with Gasteiger partial charge < -0.3 is 10.6 Å². The minimum absolute atomic E-state index is 0.206. The van der Waals surface area contributed by atoms with Crippen molar-refractivity contribution in [3.63, 3.8) is 0 Å². The molecule has 0 aromatic heterocycles. The van der Waals surface area contributed by atoms with Gasteiger partial charge in [-0.2, -0.15) is 5.26 Å². The van der Waals surface area contributed by atoms with Crippen molar-refractivity contribution in [2.24, 2.45) is 0 Å². The van der Waals surface area contributed by atoms with Gasteiger partial charge in [0.15, 0.2) is 0 Å². The zero-order valence-corrected chi connectivity index (χ0v) is 12.6. The molecule has 5 nitrogen and oxygen atoms in total. The summed E-state index contributed by atoms with van der Waals surface area (Å²) in [5.41, 5.74) is 1.47. The van der Waals surface area contributed by atoms with Crippen LogP contribution in [-0.4, -0.2) is 18.4 Å². The third kappa shape index (κ3) is 3.82. The fourth-order valence-electron chi connectivity index (χ4n) is 1.19. The van der Waals surface area contributed by atoms with E-state index in [0.29, 0.717) is 14.6 Å². The normalized spacial score (nSPS) is 9.44. The lowest BCUT2D eigenvalue weighted by Gasteiger charge is -2.10. The first-order chi connectivity index (χ1) is 8.45. The molecule has 0 radical (unpaired) electrons. The molecule has 0 heterocycles. The molecule has 0 saturated carbocycles. The summed E-state index contributed by atoms with van der Waals surface area (Å²) >= 11 is 6.60. The van der Waals surface area contributed by atoms with Crippen LogP contribution in [0.5, 0.6) is 0 Å². The van der Waals surface area contributed by atoms with Gasteiger partial charge in [0.25, 0.3) is 0 Å². The lowest BCUT2D eigenvalue weighted by Crippen LogP contribution is -2.35. The second-order valence-electron chi connectivity index (χ2n) is 3.40. The van der Waals surface area contributed by atoms with E-state index in [9.17, 15) is 9.59 Å². The van der Waals surface area contributed by atoms with Gasteiger partial charge in [-0.3, -0.25) is 9.59 Å². The second kappa shape index (κ2) is 6.52. The zero-order chi connectivity index (χ0) is 13.7. The molecule has 1 aromatic rings. The molecule has 0 fully saturated rings. The number of amides is 2.